The molecule has 32 heavy (non-hydrogen) atoms. The van der Waals surface area contributed by atoms with Crippen molar-refractivity contribution in [3.05, 3.63) is 53.9 Å². The number of ether oxygens (including phenoxy) is 2. The Morgan fingerprint density at radius 1 is 0.969 bits per heavy atom. The van der Waals surface area contributed by atoms with Crippen molar-refractivity contribution in [1.29, 1.82) is 0 Å². The molecule has 0 unspecified atom stereocenters. The predicted octanol–water partition coefficient (Wildman–Crippen LogP) is 3.98. The summed E-state index contributed by atoms with van der Waals surface area (Å²) in [7, 11) is 3.32. The number of rotatable bonds is 6. The van der Waals surface area contributed by atoms with Crippen LogP contribution in [0, 0.1) is 5.92 Å². The highest BCUT2D eigenvalue weighted by Gasteiger charge is 2.25. The zero-order chi connectivity index (χ0) is 21.9. The van der Waals surface area contributed by atoms with E-state index in [1.807, 2.05) is 18.2 Å². The number of hydrogen-bond acceptors (Lipinski definition) is 6. The molecule has 1 aromatic rings. The molecule has 0 aliphatic carbocycles. The molecule has 170 valence electrons. The highest BCUT2D eigenvalue weighted by Crippen LogP contribution is 2.32. The molecule has 0 aromatic heterocycles. The van der Waals surface area contributed by atoms with Gasteiger partial charge in [0.1, 0.15) is 5.84 Å². The van der Waals surface area contributed by atoms with E-state index in [0.717, 1.165) is 54.1 Å². The van der Waals surface area contributed by atoms with Crippen LogP contribution in [0.2, 0.25) is 0 Å². The Labute approximate surface area is 191 Å². The van der Waals surface area contributed by atoms with Gasteiger partial charge >= 0.3 is 0 Å². The van der Waals surface area contributed by atoms with Crippen LogP contribution in [-0.2, 0) is 0 Å². The first-order valence-corrected chi connectivity index (χ1v) is 11.9. The minimum atomic E-state index is 0.725. The molecule has 6 nitrogen and oxygen atoms in total. The predicted molar refractivity (Wildman–Crippen MR) is 129 cm³/mol. The Morgan fingerprint density at radius 3 is 2.50 bits per heavy atom. The normalized spacial score (nSPS) is 21.8. The largest absolute Gasteiger partial charge is 0.493 e. The van der Waals surface area contributed by atoms with Crippen molar-refractivity contribution in [2.75, 3.05) is 53.5 Å². The molecule has 0 bridgehead atoms. The fourth-order valence-corrected chi connectivity index (χ4v) is 5.20. The van der Waals surface area contributed by atoms with Crippen LogP contribution in [0.15, 0.2) is 53.3 Å². The van der Waals surface area contributed by atoms with E-state index in [1.165, 1.54) is 51.0 Å². The molecule has 0 amide bonds. The average molecular weight is 435 g/mol. The van der Waals surface area contributed by atoms with Crippen LogP contribution >= 0.6 is 0 Å². The molecular weight excluding hydrogens is 400 g/mol. The van der Waals surface area contributed by atoms with Crippen LogP contribution in [0.1, 0.15) is 31.2 Å². The number of amidine groups is 1. The van der Waals surface area contributed by atoms with Crippen molar-refractivity contribution in [3.8, 4) is 11.5 Å². The maximum absolute atomic E-state index is 5.46. The Balaban J connectivity index is 1.21. The molecule has 4 heterocycles. The summed E-state index contributed by atoms with van der Waals surface area (Å²) in [6.07, 6.45) is 14.2. The van der Waals surface area contributed by atoms with Gasteiger partial charge in [-0.25, -0.2) is 4.99 Å². The summed E-state index contributed by atoms with van der Waals surface area (Å²) in [4.78, 5) is 12.4. The van der Waals surface area contributed by atoms with Crippen molar-refractivity contribution in [2.45, 2.75) is 25.7 Å². The molecule has 0 atom stereocenters. The fourth-order valence-electron chi connectivity index (χ4n) is 5.20. The second-order valence-electron chi connectivity index (χ2n) is 9.11. The third kappa shape index (κ3) is 4.42. The molecule has 4 aliphatic rings. The van der Waals surface area contributed by atoms with Crippen molar-refractivity contribution in [3.63, 3.8) is 0 Å². The number of piperidine rings is 1. The number of allylic oxidation sites excluding steroid dienone is 1. The number of benzene rings is 1. The van der Waals surface area contributed by atoms with Gasteiger partial charge in [0.2, 0.25) is 0 Å². The average Bonchev–Trinajstić information content (AvgIpc) is 3.36. The lowest BCUT2D eigenvalue weighted by Gasteiger charge is -2.38. The molecule has 2 fully saturated rings. The zero-order valence-corrected chi connectivity index (χ0v) is 19.3. The van der Waals surface area contributed by atoms with Crippen LogP contribution in [0.5, 0.6) is 11.5 Å². The van der Waals surface area contributed by atoms with Crippen LogP contribution in [0.3, 0.4) is 0 Å². The highest BCUT2D eigenvalue weighted by molar-refractivity contribution is 6.00. The van der Waals surface area contributed by atoms with E-state index in [4.69, 9.17) is 14.5 Å². The van der Waals surface area contributed by atoms with Gasteiger partial charge in [-0.1, -0.05) is 0 Å². The summed E-state index contributed by atoms with van der Waals surface area (Å²) in [5.41, 5.74) is 3.33. The van der Waals surface area contributed by atoms with E-state index in [1.54, 1.807) is 14.2 Å². The third-order valence-electron chi connectivity index (χ3n) is 7.08. The molecule has 0 radical (unpaired) electrons. The van der Waals surface area contributed by atoms with Gasteiger partial charge in [-0.15, -0.1) is 0 Å². The molecule has 0 saturated carbocycles. The smallest absolute Gasteiger partial charge is 0.161 e. The molecule has 4 aliphatic heterocycles. The molecule has 0 N–H and O–H groups in total. The lowest BCUT2D eigenvalue weighted by atomic mass is 9.95. The SMILES string of the molecule is COc1ccc(C2=CCN3C=C(N4CCC(CN5CCCC5)CC4)C=CC3=N2)cc1OC. The minimum absolute atomic E-state index is 0.725. The minimum Gasteiger partial charge on any atom is -0.493 e. The van der Waals surface area contributed by atoms with E-state index in [-0.39, 0.29) is 0 Å². The Hall–Kier alpha value is -2.73. The number of likely N-dealkylation sites (tertiary alicyclic amines) is 2. The summed E-state index contributed by atoms with van der Waals surface area (Å²) >= 11 is 0. The van der Waals surface area contributed by atoms with Crippen LogP contribution in [-0.4, -0.2) is 74.0 Å². The first-order chi connectivity index (χ1) is 15.7. The van der Waals surface area contributed by atoms with Crippen molar-refractivity contribution < 1.29 is 9.47 Å². The molecule has 2 saturated heterocycles. The van der Waals surface area contributed by atoms with Crippen LogP contribution in [0.25, 0.3) is 5.70 Å². The number of methoxy groups -OCH3 is 2. The second kappa shape index (κ2) is 9.41. The first-order valence-electron chi connectivity index (χ1n) is 11.9. The van der Waals surface area contributed by atoms with Gasteiger partial charge in [-0.2, -0.15) is 0 Å². The number of hydrogen-bond donors (Lipinski definition) is 0. The summed E-state index contributed by atoms with van der Waals surface area (Å²) in [6, 6.07) is 5.96. The number of nitrogens with zero attached hydrogens (tertiary/aromatic N) is 4. The van der Waals surface area contributed by atoms with Gasteiger partial charge in [0.05, 0.1) is 25.6 Å². The van der Waals surface area contributed by atoms with Gasteiger partial charge < -0.3 is 24.2 Å². The maximum Gasteiger partial charge on any atom is 0.161 e. The fraction of sp³-hybridized carbons (Fsp3) is 0.500. The summed E-state index contributed by atoms with van der Waals surface area (Å²) in [6.45, 7) is 7.05. The van der Waals surface area contributed by atoms with Gasteiger partial charge in [0.25, 0.3) is 0 Å². The molecule has 1 aromatic carbocycles. The number of fused-ring (bicyclic) bond motifs is 1. The Morgan fingerprint density at radius 2 is 1.75 bits per heavy atom. The highest BCUT2D eigenvalue weighted by atomic mass is 16.5. The molecule has 5 rings (SSSR count). The lowest BCUT2D eigenvalue weighted by Crippen LogP contribution is -2.39. The van der Waals surface area contributed by atoms with Gasteiger partial charge in [0, 0.05) is 37.9 Å². The Kier molecular flexibility index (Phi) is 6.21. The van der Waals surface area contributed by atoms with Gasteiger partial charge in [-0.3, -0.25) is 0 Å². The summed E-state index contributed by atoms with van der Waals surface area (Å²) in [5, 5.41) is 0. The lowest BCUT2D eigenvalue weighted by molar-refractivity contribution is 0.182. The van der Waals surface area contributed by atoms with Gasteiger partial charge in [-0.05, 0) is 81.1 Å². The van der Waals surface area contributed by atoms with E-state index >= 15 is 0 Å². The summed E-state index contributed by atoms with van der Waals surface area (Å²) < 4.78 is 10.8. The first kappa shape index (κ1) is 21.1. The van der Waals surface area contributed by atoms with E-state index in [0.29, 0.717) is 0 Å². The van der Waals surface area contributed by atoms with Crippen LogP contribution < -0.4 is 9.47 Å². The number of aliphatic imine (C=N–C) groups is 1. The van der Waals surface area contributed by atoms with E-state index < -0.39 is 0 Å². The molecular formula is C26H34N4O2. The van der Waals surface area contributed by atoms with Crippen molar-refractivity contribution in [1.82, 2.24) is 14.7 Å². The van der Waals surface area contributed by atoms with Crippen molar-refractivity contribution in [2.24, 2.45) is 10.9 Å². The molecule has 6 heteroatoms. The zero-order valence-electron chi connectivity index (χ0n) is 19.3. The quantitative estimate of drug-likeness (QED) is 0.677. The third-order valence-corrected chi connectivity index (χ3v) is 7.08. The standard InChI is InChI=1S/C26H34N4O2/c1-31-24-7-5-21(17-25(24)32-2)23-11-16-30-19-22(6-8-26(30)27-23)29-14-9-20(10-15-29)18-28-12-3-4-13-28/h5-8,11,17,19-20H,3-4,9-10,12-16,18H2,1-2H3. The van der Waals surface area contributed by atoms with Gasteiger partial charge in [0.15, 0.2) is 11.5 Å². The topological polar surface area (TPSA) is 40.5 Å². The van der Waals surface area contributed by atoms with Crippen LogP contribution in [0.4, 0.5) is 0 Å². The maximum atomic E-state index is 5.46. The second-order valence-corrected chi connectivity index (χ2v) is 9.11. The Bertz CT molecular complexity index is 951. The van der Waals surface area contributed by atoms with E-state index in [9.17, 15) is 0 Å². The van der Waals surface area contributed by atoms with Crippen molar-refractivity contribution >= 4 is 11.5 Å². The monoisotopic (exact) mass is 434 g/mol. The molecule has 0 spiro atoms. The van der Waals surface area contributed by atoms with E-state index in [2.05, 4.69) is 39.1 Å². The summed E-state index contributed by atoms with van der Waals surface area (Å²) in [5.74, 6) is 3.31.